The number of amides is 1. The van der Waals surface area contributed by atoms with E-state index in [0.717, 1.165) is 11.8 Å². The molecule has 1 aliphatic heterocycles. The van der Waals surface area contributed by atoms with Crippen LogP contribution >= 0.6 is 0 Å². The number of carbonyl (C=O) groups excluding carboxylic acids is 1. The van der Waals surface area contributed by atoms with Crippen molar-refractivity contribution in [1.29, 1.82) is 0 Å². The smallest absolute Gasteiger partial charge is 0.232 e. The molecule has 2 aromatic rings. The number of aryl methyl sites for hydroxylation is 1. The van der Waals surface area contributed by atoms with E-state index in [4.69, 9.17) is 9.47 Å². The van der Waals surface area contributed by atoms with Crippen LogP contribution in [0.4, 0.5) is 11.4 Å². The average molecular weight is 390 g/mol. The fourth-order valence-electron chi connectivity index (χ4n) is 2.80. The van der Waals surface area contributed by atoms with E-state index >= 15 is 0 Å². The quantitative estimate of drug-likeness (QED) is 0.819. The van der Waals surface area contributed by atoms with E-state index in [9.17, 15) is 13.2 Å². The van der Waals surface area contributed by atoms with Crippen LogP contribution in [0.1, 0.15) is 12.0 Å². The second-order valence-electron chi connectivity index (χ2n) is 6.28. The number of ether oxygens (including phenoxy) is 2. The number of anilines is 2. The van der Waals surface area contributed by atoms with Crippen molar-refractivity contribution in [2.45, 2.75) is 13.3 Å². The predicted molar refractivity (Wildman–Crippen MR) is 104 cm³/mol. The fourth-order valence-corrected chi connectivity index (χ4v) is 3.72. The monoisotopic (exact) mass is 390 g/mol. The summed E-state index contributed by atoms with van der Waals surface area (Å²) in [7, 11) is -3.56. The number of para-hydroxylation sites is 1. The lowest BCUT2D eigenvalue weighted by molar-refractivity contribution is -0.116. The molecule has 8 heteroatoms. The van der Waals surface area contributed by atoms with Gasteiger partial charge in [-0.25, -0.2) is 8.42 Å². The Bertz CT molecular complexity index is 943. The van der Waals surface area contributed by atoms with Gasteiger partial charge in [-0.3, -0.25) is 9.10 Å². The molecule has 7 nitrogen and oxygen atoms in total. The van der Waals surface area contributed by atoms with Gasteiger partial charge in [0.25, 0.3) is 0 Å². The highest BCUT2D eigenvalue weighted by molar-refractivity contribution is 7.92. The van der Waals surface area contributed by atoms with Gasteiger partial charge < -0.3 is 14.8 Å². The molecular weight excluding hydrogens is 368 g/mol. The molecule has 0 radical (unpaired) electrons. The second kappa shape index (κ2) is 7.87. The van der Waals surface area contributed by atoms with Crippen LogP contribution in [0.5, 0.6) is 11.5 Å². The molecule has 1 aliphatic rings. The summed E-state index contributed by atoms with van der Waals surface area (Å²) in [4.78, 5) is 12.3. The van der Waals surface area contributed by atoms with Crippen LogP contribution in [-0.2, 0) is 14.8 Å². The molecule has 0 aromatic heterocycles. The topological polar surface area (TPSA) is 84.9 Å². The van der Waals surface area contributed by atoms with E-state index in [0.29, 0.717) is 36.1 Å². The Balaban J connectivity index is 1.73. The van der Waals surface area contributed by atoms with Crippen molar-refractivity contribution in [1.82, 2.24) is 0 Å². The van der Waals surface area contributed by atoms with Crippen molar-refractivity contribution in [2.75, 3.05) is 35.6 Å². The van der Waals surface area contributed by atoms with Crippen molar-refractivity contribution in [3.8, 4) is 11.5 Å². The Morgan fingerprint density at radius 3 is 2.52 bits per heavy atom. The van der Waals surface area contributed by atoms with Crippen LogP contribution in [-0.4, -0.2) is 40.3 Å². The molecule has 1 heterocycles. The molecule has 0 fully saturated rings. The molecule has 0 saturated carbocycles. The third kappa shape index (κ3) is 4.71. The van der Waals surface area contributed by atoms with E-state index in [-0.39, 0.29) is 18.9 Å². The summed E-state index contributed by atoms with van der Waals surface area (Å²) in [6.45, 7) is 2.79. The highest BCUT2D eigenvalue weighted by Gasteiger charge is 2.21. The van der Waals surface area contributed by atoms with E-state index < -0.39 is 10.0 Å². The van der Waals surface area contributed by atoms with Gasteiger partial charge in [0.2, 0.25) is 15.9 Å². The Labute approximate surface area is 158 Å². The summed E-state index contributed by atoms with van der Waals surface area (Å²) < 4.78 is 36.7. The lowest BCUT2D eigenvalue weighted by Gasteiger charge is -2.25. The number of nitrogens with one attached hydrogen (secondary N) is 1. The normalized spacial score (nSPS) is 13.1. The average Bonchev–Trinajstić information content (AvgIpc) is 2.62. The van der Waals surface area contributed by atoms with Crippen molar-refractivity contribution in [3.05, 3.63) is 48.0 Å². The zero-order chi connectivity index (χ0) is 19.4. The molecule has 0 atom stereocenters. The van der Waals surface area contributed by atoms with Gasteiger partial charge in [-0.05, 0) is 30.7 Å². The minimum absolute atomic E-state index is 0.0237. The molecule has 0 saturated heterocycles. The van der Waals surface area contributed by atoms with Gasteiger partial charge in [0.1, 0.15) is 13.2 Å². The highest BCUT2D eigenvalue weighted by atomic mass is 32.2. The van der Waals surface area contributed by atoms with Gasteiger partial charge >= 0.3 is 0 Å². The van der Waals surface area contributed by atoms with Crippen LogP contribution < -0.4 is 19.1 Å². The van der Waals surface area contributed by atoms with Crippen molar-refractivity contribution in [3.63, 3.8) is 0 Å². The first-order valence-corrected chi connectivity index (χ1v) is 10.4. The summed E-state index contributed by atoms with van der Waals surface area (Å²) >= 11 is 0. The first kappa shape index (κ1) is 19.0. The van der Waals surface area contributed by atoms with E-state index in [1.54, 1.807) is 18.2 Å². The molecule has 1 N–H and O–H groups in total. The molecule has 27 heavy (non-hydrogen) atoms. The molecule has 0 bridgehead atoms. The molecule has 0 aliphatic carbocycles. The maximum absolute atomic E-state index is 12.3. The van der Waals surface area contributed by atoms with Gasteiger partial charge in [0.05, 0.1) is 11.9 Å². The van der Waals surface area contributed by atoms with Crippen molar-refractivity contribution < 1.29 is 22.7 Å². The van der Waals surface area contributed by atoms with Crippen LogP contribution in [0, 0.1) is 6.92 Å². The number of benzene rings is 2. The minimum Gasteiger partial charge on any atom is -0.486 e. The lowest BCUT2D eigenvalue weighted by atomic mass is 10.2. The Morgan fingerprint density at radius 2 is 1.81 bits per heavy atom. The van der Waals surface area contributed by atoms with Gasteiger partial charge in [0.15, 0.2) is 11.5 Å². The van der Waals surface area contributed by atoms with Gasteiger partial charge in [-0.2, -0.15) is 0 Å². The SMILES string of the molecule is Cc1ccccc1NC(=O)CCN(c1ccc2c(c1)OCCO2)S(C)(=O)=O. The number of hydrogen-bond donors (Lipinski definition) is 1. The van der Waals surface area contributed by atoms with E-state index in [2.05, 4.69) is 5.32 Å². The number of hydrogen-bond acceptors (Lipinski definition) is 5. The standard InChI is InChI=1S/C19H22N2O5S/c1-14-5-3-4-6-16(14)20-19(22)9-10-21(27(2,23)24)15-7-8-17-18(13-15)26-12-11-25-17/h3-8,13H,9-12H2,1-2H3,(H,20,22). The maximum Gasteiger partial charge on any atom is 0.232 e. The van der Waals surface area contributed by atoms with Crippen LogP contribution in [0.2, 0.25) is 0 Å². The first-order chi connectivity index (χ1) is 12.8. The zero-order valence-electron chi connectivity index (χ0n) is 15.3. The van der Waals surface area contributed by atoms with Crippen LogP contribution in [0.15, 0.2) is 42.5 Å². The summed E-state index contributed by atoms with van der Waals surface area (Å²) in [6.07, 6.45) is 1.14. The lowest BCUT2D eigenvalue weighted by Crippen LogP contribution is -2.33. The maximum atomic E-state index is 12.3. The molecule has 3 rings (SSSR count). The third-order valence-corrected chi connectivity index (χ3v) is 5.37. The second-order valence-corrected chi connectivity index (χ2v) is 8.18. The number of sulfonamides is 1. The number of rotatable bonds is 6. The number of nitrogens with zero attached hydrogens (tertiary/aromatic N) is 1. The Kier molecular flexibility index (Phi) is 5.55. The summed E-state index contributed by atoms with van der Waals surface area (Å²) in [5, 5.41) is 2.81. The third-order valence-electron chi connectivity index (χ3n) is 4.18. The predicted octanol–water partition coefficient (Wildman–Crippen LogP) is 2.56. The zero-order valence-corrected chi connectivity index (χ0v) is 16.1. The van der Waals surface area contributed by atoms with Crippen molar-refractivity contribution >= 4 is 27.3 Å². The molecular formula is C19H22N2O5S. The molecule has 144 valence electrons. The molecule has 0 spiro atoms. The van der Waals surface area contributed by atoms with Gasteiger partial charge in [0, 0.05) is 24.7 Å². The number of fused-ring (bicyclic) bond motifs is 1. The van der Waals surface area contributed by atoms with Gasteiger partial charge in [-0.1, -0.05) is 18.2 Å². The molecule has 2 aromatic carbocycles. The summed E-state index contributed by atoms with van der Waals surface area (Å²) in [5.74, 6) is 0.822. The molecule has 1 amide bonds. The largest absolute Gasteiger partial charge is 0.486 e. The Morgan fingerprint density at radius 1 is 1.11 bits per heavy atom. The van der Waals surface area contributed by atoms with Gasteiger partial charge in [-0.15, -0.1) is 0 Å². The summed E-state index contributed by atoms with van der Waals surface area (Å²) in [5.41, 5.74) is 2.09. The summed E-state index contributed by atoms with van der Waals surface area (Å²) in [6, 6.07) is 12.4. The first-order valence-electron chi connectivity index (χ1n) is 8.57. The molecule has 0 unspecified atom stereocenters. The Hall–Kier alpha value is -2.74. The highest BCUT2D eigenvalue weighted by Crippen LogP contribution is 2.34. The van der Waals surface area contributed by atoms with Crippen molar-refractivity contribution in [2.24, 2.45) is 0 Å². The van der Waals surface area contributed by atoms with Crippen LogP contribution in [0.25, 0.3) is 0 Å². The van der Waals surface area contributed by atoms with Crippen LogP contribution in [0.3, 0.4) is 0 Å². The minimum atomic E-state index is -3.56. The van der Waals surface area contributed by atoms with E-state index in [1.165, 1.54) is 4.31 Å². The fraction of sp³-hybridized carbons (Fsp3) is 0.316. The van der Waals surface area contributed by atoms with E-state index in [1.807, 2.05) is 31.2 Å². The number of carbonyl (C=O) groups is 1.